The van der Waals surface area contributed by atoms with Gasteiger partial charge >= 0.3 is 0 Å². The van der Waals surface area contributed by atoms with Crippen LogP contribution in [0.5, 0.6) is 0 Å². The molecule has 3 rings (SSSR count). The molecule has 3 heterocycles. The van der Waals surface area contributed by atoms with E-state index >= 15 is 0 Å². The van der Waals surface area contributed by atoms with E-state index in [4.69, 9.17) is 12.2 Å². The van der Waals surface area contributed by atoms with Crippen LogP contribution in [0.3, 0.4) is 0 Å². The molecule has 0 bridgehead atoms. The average Bonchev–Trinajstić information content (AvgIpc) is 2.76. The van der Waals surface area contributed by atoms with Gasteiger partial charge in [-0.2, -0.15) is 4.68 Å². The summed E-state index contributed by atoms with van der Waals surface area (Å²) in [5.74, 6) is 0.724. The number of fused-ring (bicyclic) bond motifs is 1. The fraction of sp³-hybridized carbons (Fsp3) is 0.667. The molecule has 1 saturated heterocycles. The number of hydrogen-bond acceptors (Lipinski definition) is 3. The van der Waals surface area contributed by atoms with Gasteiger partial charge in [0.25, 0.3) is 5.78 Å². The van der Waals surface area contributed by atoms with Crippen LogP contribution in [0.15, 0.2) is 6.07 Å². The highest BCUT2D eigenvalue weighted by molar-refractivity contribution is 7.71. The topological polar surface area (TPSA) is 39.6 Å². The number of rotatable bonds is 3. The second-order valence-electron chi connectivity index (χ2n) is 6.12. The van der Waals surface area contributed by atoms with Crippen molar-refractivity contribution in [2.45, 2.75) is 59.2 Å². The first-order chi connectivity index (χ1) is 10.1. The Morgan fingerprint density at radius 1 is 1.38 bits per heavy atom. The van der Waals surface area contributed by atoms with Crippen molar-refractivity contribution in [2.24, 2.45) is 0 Å². The van der Waals surface area contributed by atoms with E-state index in [9.17, 15) is 0 Å². The number of likely N-dealkylation sites (tertiary alicyclic amines) is 1. The van der Waals surface area contributed by atoms with Gasteiger partial charge in [-0.05, 0) is 57.8 Å². The molecule has 2 aromatic heterocycles. The number of aryl methyl sites for hydroxylation is 2. The molecule has 1 N–H and O–H groups in total. The van der Waals surface area contributed by atoms with Gasteiger partial charge < -0.3 is 4.90 Å². The lowest BCUT2D eigenvalue weighted by Crippen LogP contribution is -3.15. The van der Waals surface area contributed by atoms with Crippen LogP contribution >= 0.6 is 12.2 Å². The Hall–Kier alpha value is -1.27. The molecule has 21 heavy (non-hydrogen) atoms. The number of quaternary nitrogens is 1. The van der Waals surface area contributed by atoms with E-state index in [2.05, 4.69) is 30.0 Å². The Bertz CT molecular complexity index is 702. The minimum absolute atomic E-state index is 0.724. The summed E-state index contributed by atoms with van der Waals surface area (Å²) in [6, 6.07) is 2.79. The molecule has 1 unspecified atom stereocenters. The lowest BCUT2D eigenvalue weighted by molar-refractivity contribution is -0.953. The van der Waals surface area contributed by atoms with Gasteiger partial charge in [-0.1, -0.05) is 6.92 Å². The Balaban J connectivity index is 1.96. The minimum Gasteiger partial charge on any atom is -0.314 e. The molecule has 5 nitrogen and oxygen atoms in total. The number of aromatic nitrogens is 4. The minimum atomic E-state index is 0.724. The maximum Gasteiger partial charge on any atom is 0.254 e. The second-order valence-corrected chi connectivity index (χ2v) is 6.49. The Morgan fingerprint density at radius 3 is 2.95 bits per heavy atom. The second kappa shape index (κ2) is 5.85. The summed E-state index contributed by atoms with van der Waals surface area (Å²) in [5.41, 5.74) is 2.10. The zero-order valence-corrected chi connectivity index (χ0v) is 13.9. The summed E-state index contributed by atoms with van der Waals surface area (Å²) in [6.45, 7) is 8.43. The highest BCUT2D eigenvalue weighted by Gasteiger charge is 2.25. The predicted octanol–water partition coefficient (Wildman–Crippen LogP) is 1.68. The molecule has 6 heteroatoms. The van der Waals surface area contributed by atoms with E-state index in [1.165, 1.54) is 32.2 Å². The molecule has 0 aliphatic carbocycles. The van der Waals surface area contributed by atoms with Gasteiger partial charge in [0.05, 0.1) is 12.6 Å². The molecular weight excluding hydrogens is 282 g/mol. The molecule has 0 amide bonds. The fourth-order valence-electron chi connectivity index (χ4n) is 3.48. The van der Waals surface area contributed by atoms with E-state index in [1.807, 2.05) is 16.0 Å². The molecule has 0 radical (unpaired) electrons. The van der Waals surface area contributed by atoms with Gasteiger partial charge in [0.15, 0.2) is 6.67 Å². The largest absolute Gasteiger partial charge is 0.314 e. The molecular formula is C15H24N5S+. The SMILES string of the molecule is CC[C@@H]1CCCC[NH+]1Cn1nc2nc(C)cc(C)n2c1=S. The molecule has 2 atom stereocenters. The van der Waals surface area contributed by atoms with Crippen molar-refractivity contribution in [2.75, 3.05) is 6.54 Å². The van der Waals surface area contributed by atoms with Gasteiger partial charge in [-0.25, -0.2) is 4.98 Å². The average molecular weight is 306 g/mol. The van der Waals surface area contributed by atoms with Crippen LogP contribution in [0.2, 0.25) is 0 Å². The van der Waals surface area contributed by atoms with Crippen LogP contribution in [0.1, 0.15) is 44.0 Å². The van der Waals surface area contributed by atoms with E-state index in [1.54, 1.807) is 4.90 Å². The van der Waals surface area contributed by atoms with E-state index in [0.717, 1.165) is 34.6 Å². The van der Waals surface area contributed by atoms with Crippen LogP contribution in [-0.4, -0.2) is 31.8 Å². The summed E-state index contributed by atoms with van der Waals surface area (Å²) in [6.07, 6.45) is 5.22. The maximum absolute atomic E-state index is 5.61. The molecule has 2 aromatic rings. The predicted molar refractivity (Wildman–Crippen MR) is 85.0 cm³/mol. The summed E-state index contributed by atoms with van der Waals surface area (Å²) < 4.78 is 4.71. The molecule has 1 fully saturated rings. The van der Waals surface area contributed by atoms with Gasteiger partial charge in [0.1, 0.15) is 0 Å². The van der Waals surface area contributed by atoms with E-state index in [-0.39, 0.29) is 0 Å². The van der Waals surface area contributed by atoms with Gasteiger partial charge in [-0.15, -0.1) is 5.10 Å². The third kappa shape index (κ3) is 2.74. The highest BCUT2D eigenvalue weighted by atomic mass is 32.1. The maximum atomic E-state index is 5.61. The number of nitrogens with zero attached hydrogens (tertiary/aromatic N) is 4. The molecule has 114 valence electrons. The quantitative estimate of drug-likeness (QED) is 0.877. The number of nitrogens with one attached hydrogen (secondary N) is 1. The van der Waals surface area contributed by atoms with Gasteiger partial charge in [-0.3, -0.25) is 4.40 Å². The summed E-state index contributed by atoms with van der Waals surface area (Å²) in [7, 11) is 0. The van der Waals surface area contributed by atoms with E-state index < -0.39 is 0 Å². The zero-order chi connectivity index (χ0) is 15.0. The Kier molecular flexibility index (Phi) is 4.08. The van der Waals surface area contributed by atoms with Crippen LogP contribution < -0.4 is 4.90 Å². The van der Waals surface area contributed by atoms with Crippen molar-refractivity contribution in [3.05, 3.63) is 22.2 Å². The van der Waals surface area contributed by atoms with Crippen LogP contribution in [-0.2, 0) is 6.67 Å². The van der Waals surface area contributed by atoms with Crippen LogP contribution in [0.4, 0.5) is 0 Å². The van der Waals surface area contributed by atoms with Crippen molar-refractivity contribution in [3.8, 4) is 0 Å². The molecule has 0 saturated carbocycles. The first-order valence-corrected chi connectivity index (χ1v) is 8.29. The van der Waals surface area contributed by atoms with Crippen molar-refractivity contribution in [1.29, 1.82) is 0 Å². The third-order valence-corrected chi connectivity index (χ3v) is 4.99. The third-order valence-electron chi connectivity index (χ3n) is 4.59. The van der Waals surface area contributed by atoms with Crippen LogP contribution in [0, 0.1) is 18.6 Å². The van der Waals surface area contributed by atoms with Crippen LogP contribution in [0.25, 0.3) is 5.78 Å². The fourth-order valence-corrected chi connectivity index (χ4v) is 3.81. The molecule has 1 aliphatic rings. The highest BCUT2D eigenvalue weighted by Crippen LogP contribution is 2.08. The van der Waals surface area contributed by atoms with Crippen molar-refractivity contribution in [1.82, 2.24) is 19.2 Å². The van der Waals surface area contributed by atoms with Crippen molar-refractivity contribution >= 4 is 18.0 Å². The van der Waals surface area contributed by atoms with E-state index in [0.29, 0.717) is 0 Å². The van der Waals surface area contributed by atoms with Crippen molar-refractivity contribution < 1.29 is 4.90 Å². The van der Waals surface area contributed by atoms with Gasteiger partial charge in [0.2, 0.25) is 4.77 Å². The monoisotopic (exact) mass is 306 g/mol. The summed E-state index contributed by atoms with van der Waals surface area (Å²) in [4.78, 5) is 6.11. The molecule has 0 spiro atoms. The first kappa shape index (κ1) is 14.7. The lowest BCUT2D eigenvalue weighted by atomic mass is 10.0. The number of hydrogen-bond donors (Lipinski definition) is 1. The lowest BCUT2D eigenvalue weighted by Gasteiger charge is -2.31. The number of piperidine rings is 1. The normalized spacial score (nSPS) is 22.8. The Morgan fingerprint density at radius 2 is 2.19 bits per heavy atom. The summed E-state index contributed by atoms with van der Waals surface area (Å²) in [5, 5.41) is 4.64. The standard InChI is InChI=1S/C15H23N5S/c1-4-13-7-5-6-8-18(13)10-19-15(21)20-12(3)9-11(2)16-14(20)17-19/h9,13H,4-8,10H2,1-3H3/p+1/t13-/m1/s1. The first-order valence-electron chi connectivity index (χ1n) is 7.88. The van der Waals surface area contributed by atoms with Gasteiger partial charge in [0, 0.05) is 11.4 Å². The summed E-state index contributed by atoms with van der Waals surface area (Å²) >= 11 is 5.61. The zero-order valence-electron chi connectivity index (χ0n) is 13.1. The molecule has 0 aromatic carbocycles. The molecule has 1 aliphatic heterocycles. The smallest absolute Gasteiger partial charge is 0.254 e. The Labute approximate surface area is 130 Å². The van der Waals surface area contributed by atoms with Crippen molar-refractivity contribution in [3.63, 3.8) is 0 Å².